The van der Waals surface area contributed by atoms with Crippen LogP contribution >= 0.6 is 11.6 Å². The lowest BCUT2D eigenvalue weighted by Gasteiger charge is -2.19. The topological polar surface area (TPSA) is 46.5 Å². The fourth-order valence-electron chi connectivity index (χ4n) is 2.16. The van der Waals surface area contributed by atoms with Crippen molar-refractivity contribution in [2.45, 2.75) is 5.38 Å². The summed E-state index contributed by atoms with van der Waals surface area (Å²) in [4.78, 5) is 28.9. The highest BCUT2D eigenvalue weighted by Gasteiger charge is 2.36. The van der Waals surface area contributed by atoms with Crippen LogP contribution in [0, 0.1) is 0 Å². The second kappa shape index (κ2) is 5.02. The fraction of sp³-hybridized carbons (Fsp3) is 0.0625. The number of halogens is 1. The predicted molar refractivity (Wildman–Crippen MR) is 78.3 cm³/mol. The number of rotatable bonds is 1. The smallest absolute Gasteiger partial charge is 0.209 e. The van der Waals surface area contributed by atoms with E-state index in [0.29, 0.717) is 16.8 Å². The van der Waals surface area contributed by atoms with Crippen molar-refractivity contribution in [1.82, 2.24) is 0 Å². The molecule has 0 radical (unpaired) electrons. The number of Topliss-reactive ketones (excluding diaryl/α,β-unsaturated/α-hetero) is 2. The van der Waals surface area contributed by atoms with E-state index in [4.69, 9.17) is 11.6 Å². The van der Waals surface area contributed by atoms with Gasteiger partial charge in [0.05, 0.1) is 5.69 Å². The Balaban J connectivity index is 2.13. The van der Waals surface area contributed by atoms with Gasteiger partial charge in [0.25, 0.3) is 0 Å². The van der Waals surface area contributed by atoms with Gasteiger partial charge in [-0.2, -0.15) is 0 Å². The summed E-state index contributed by atoms with van der Waals surface area (Å²) >= 11 is 6.10. The van der Waals surface area contributed by atoms with Crippen molar-refractivity contribution in [2.75, 3.05) is 0 Å². The van der Waals surface area contributed by atoms with Crippen LogP contribution in [0.2, 0.25) is 0 Å². The molecule has 3 nitrogen and oxygen atoms in total. The van der Waals surface area contributed by atoms with Gasteiger partial charge in [-0.1, -0.05) is 42.5 Å². The molecular formula is C16H10ClNO2. The first kappa shape index (κ1) is 12.8. The van der Waals surface area contributed by atoms with Crippen molar-refractivity contribution in [1.29, 1.82) is 0 Å². The van der Waals surface area contributed by atoms with Crippen LogP contribution in [0.25, 0.3) is 0 Å². The molecule has 4 heteroatoms. The molecule has 1 unspecified atom stereocenters. The maximum Gasteiger partial charge on any atom is 0.209 e. The molecule has 0 heterocycles. The number of para-hydroxylation sites is 1. The van der Waals surface area contributed by atoms with Gasteiger partial charge in [0.1, 0.15) is 11.1 Å². The van der Waals surface area contributed by atoms with Gasteiger partial charge in [-0.05, 0) is 12.1 Å². The Morgan fingerprint density at radius 1 is 0.850 bits per heavy atom. The maximum absolute atomic E-state index is 12.4. The van der Waals surface area contributed by atoms with Crippen molar-refractivity contribution in [3.63, 3.8) is 0 Å². The molecule has 0 fully saturated rings. The lowest BCUT2D eigenvalue weighted by atomic mass is 9.88. The van der Waals surface area contributed by atoms with Crippen LogP contribution in [0.5, 0.6) is 0 Å². The summed E-state index contributed by atoms with van der Waals surface area (Å²) in [6, 6.07) is 15.7. The molecule has 0 aliphatic heterocycles. The van der Waals surface area contributed by atoms with E-state index in [2.05, 4.69) is 4.99 Å². The number of alkyl halides is 1. The summed E-state index contributed by atoms with van der Waals surface area (Å²) in [7, 11) is 0. The molecule has 1 aliphatic rings. The number of nitrogens with zero attached hydrogens (tertiary/aromatic N) is 1. The average Bonchev–Trinajstić information content (AvgIpc) is 2.50. The van der Waals surface area contributed by atoms with E-state index in [9.17, 15) is 9.59 Å². The monoisotopic (exact) mass is 283 g/mol. The molecule has 0 saturated heterocycles. The Bertz CT molecular complexity index is 722. The molecule has 20 heavy (non-hydrogen) atoms. The fourth-order valence-corrected chi connectivity index (χ4v) is 2.42. The van der Waals surface area contributed by atoms with Crippen molar-refractivity contribution in [3.05, 3.63) is 65.7 Å². The zero-order valence-electron chi connectivity index (χ0n) is 10.4. The lowest BCUT2D eigenvalue weighted by Crippen LogP contribution is -2.37. The summed E-state index contributed by atoms with van der Waals surface area (Å²) in [5.41, 5.74) is 1.42. The van der Waals surface area contributed by atoms with Gasteiger partial charge < -0.3 is 0 Å². The van der Waals surface area contributed by atoms with Crippen LogP contribution in [0.15, 0.2) is 59.6 Å². The van der Waals surface area contributed by atoms with E-state index >= 15 is 0 Å². The summed E-state index contributed by atoms with van der Waals surface area (Å²) in [6.07, 6.45) is 0. The Kier molecular flexibility index (Phi) is 3.20. The van der Waals surface area contributed by atoms with Crippen LogP contribution in [0.1, 0.15) is 20.7 Å². The third-order valence-electron chi connectivity index (χ3n) is 3.15. The van der Waals surface area contributed by atoms with E-state index in [1.165, 1.54) is 0 Å². The number of hydrogen-bond acceptors (Lipinski definition) is 3. The van der Waals surface area contributed by atoms with Gasteiger partial charge in [0, 0.05) is 11.1 Å². The normalized spacial score (nSPS) is 20.1. The van der Waals surface area contributed by atoms with Gasteiger partial charge in [0.2, 0.25) is 5.78 Å². The largest absolute Gasteiger partial charge is 0.292 e. The molecule has 2 aromatic rings. The summed E-state index contributed by atoms with van der Waals surface area (Å²) < 4.78 is 0. The van der Waals surface area contributed by atoms with Gasteiger partial charge in [-0.3, -0.25) is 9.59 Å². The second-order valence-corrected chi connectivity index (χ2v) is 4.87. The predicted octanol–water partition coefficient (Wildman–Crippen LogP) is 3.45. The number of benzene rings is 2. The van der Waals surface area contributed by atoms with Gasteiger partial charge in [0.15, 0.2) is 5.78 Å². The molecule has 0 spiro atoms. The quantitative estimate of drug-likeness (QED) is 0.753. The molecule has 1 aliphatic carbocycles. The molecule has 0 amide bonds. The van der Waals surface area contributed by atoms with Gasteiger partial charge in [-0.15, -0.1) is 11.6 Å². The SMILES string of the molecule is O=C1C(=Nc2ccccc2)C(Cl)C(=O)c2ccccc21. The van der Waals surface area contributed by atoms with Crippen molar-refractivity contribution in [3.8, 4) is 0 Å². The molecule has 0 bridgehead atoms. The number of carbonyl (C=O) groups is 2. The Labute approximate surface area is 120 Å². The van der Waals surface area contributed by atoms with E-state index < -0.39 is 5.38 Å². The van der Waals surface area contributed by atoms with Gasteiger partial charge >= 0.3 is 0 Å². The first-order valence-electron chi connectivity index (χ1n) is 6.14. The van der Waals surface area contributed by atoms with E-state index in [1.807, 2.05) is 18.2 Å². The zero-order valence-corrected chi connectivity index (χ0v) is 11.2. The first-order chi connectivity index (χ1) is 9.68. The van der Waals surface area contributed by atoms with E-state index in [0.717, 1.165) is 0 Å². The third-order valence-corrected chi connectivity index (χ3v) is 3.55. The highest BCUT2D eigenvalue weighted by atomic mass is 35.5. The van der Waals surface area contributed by atoms with Crippen LogP contribution in [-0.2, 0) is 0 Å². The zero-order chi connectivity index (χ0) is 14.1. The third kappa shape index (κ3) is 2.06. The van der Waals surface area contributed by atoms with Crippen LogP contribution in [0.4, 0.5) is 5.69 Å². The van der Waals surface area contributed by atoms with E-state index in [1.54, 1.807) is 36.4 Å². The number of hydrogen-bond donors (Lipinski definition) is 0. The Morgan fingerprint density at radius 2 is 1.45 bits per heavy atom. The lowest BCUT2D eigenvalue weighted by molar-refractivity contribution is 0.0968. The van der Waals surface area contributed by atoms with Crippen LogP contribution in [-0.4, -0.2) is 22.7 Å². The molecular weight excluding hydrogens is 274 g/mol. The maximum atomic E-state index is 12.4. The molecule has 98 valence electrons. The summed E-state index contributed by atoms with van der Waals surface area (Å²) in [5.74, 6) is -0.569. The number of fused-ring (bicyclic) bond motifs is 1. The molecule has 2 aromatic carbocycles. The number of carbonyl (C=O) groups excluding carboxylic acids is 2. The minimum absolute atomic E-state index is 0.0848. The van der Waals surface area contributed by atoms with Crippen molar-refractivity contribution < 1.29 is 9.59 Å². The molecule has 3 rings (SSSR count). The highest BCUT2D eigenvalue weighted by molar-refractivity contribution is 6.65. The first-order valence-corrected chi connectivity index (χ1v) is 6.58. The minimum Gasteiger partial charge on any atom is -0.292 e. The molecule has 0 N–H and O–H groups in total. The minimum atomic E-state index is -1.03. The standard InChI is InChI=1S/C16H10ClNO2/c17-13-14(18-10-6-2-1-3-7-10)16(20)12-9-5-4-8-11(12)15(13)19/h1-9,13H. The van der Waals surface area contributed by atoms with Crippen molar-refractivity contribution >= 4 is 34.6 Å². The Hall–Kier alpha value is -2.26. The highest BCUT2D eigenvalue weighted by Crippen LogP contribution is 2.25. The van der Waals surface area contributed by atoms with Gasteiger partial charge in [-0.25, -0.2) is 4.99 Å². The second-order valence-electron chi connectivity index (χ2n) is 4.43. The average molecular weight is 284 g/mol. The number of aliphatic imine (C=N–C) groups is 1. The van der Waals surface area contributed by atoms with E-state index in [-0.39, 0.29) is 17.3 Å². The van der Waals surface area contributed by atoms with Crippen LogP contribution in [0.3, 0.4) is 0 Å². The molecule has 0 saturated carbocycles. The molecule has 0 aromatic heterocycles. The Morgan fingerprint density at radius 3 is 2.15 bits per heavy atom. The summed E-state index contributed by atoms with van der Waals surface area (Å²) in [6.45, 7) is 0. The molecule has 1 atom stereocenters. The summed E-state index contributed by atoms with van der Waals surface area (Å²) in [5, 5.41) is -1.03. The number of ketones is 2. The van der Waals surface area contributed by atoms with Crippen molar-refractivity contribution in [2.24, 2.45) is 4.99 Å². The van der Waals surface area contributed by atoms with Crippen LogP contribution < -0.4 is 0 Å².